The molecule has 1 fully saturated rings. The second-order valence-corrected chi connectivity index (χ2v) is 7.29. The molecular weight excluding hydrogens is 382 g/mol. The Kier molecular flexibility index (Phi) is 5.49. The number of aliphatic carboxylic acids is 1. The number of likely N-dealkylation sites (N-methyl/N-ethyl adjacent to an activating group) is 1. The molecule has 0 atom stereocenters. The van der Waals surface area contributed by atoms with Crippen molar-refractivity contribution in [2.45, 2.75) is 0 Å². The van der Waals surface area contributed by atoms with Crippen LogP contribution in [0, 0.1) is 0 Å². The Bertz CT molecular complexity index is 1100. The van der Waals surface area contributed by atoms with Crippen molar-refractivity contribution in [1.82, 2.24) is 19.8 Å². The van der Waals surface area contributed by atoms with Crippen LogP contribution >= 0.6 is 0 Å². The number of urea groups is 1. The minimum atomic E-state index is -1.00. The summed E-state index contributed by atoms with van der Waals surface area (Å²) in [4.78, 5) is 35.7. The van der Waals surface area contributed by atoms with Gasteiger partial charge in [0.2, 0.25) is 0 Å². The lowest BCUT2D eigenvalue weighted by Gasteiger charge is -2.32. The topological polar surface area (TPSA) is 102 Å². The summed E-state index contributed by atoms with van der Waals surface area (Å²) in [5.41, 5.74) is 2.12. The molecule has 4 rings (SSSR count). The number of H-pyrrole nitrogens is 1. The number of benzene rings is 1. The van der Waals surface area contributed by atoms with E-state index in [-0.39, 0.29) is 11.6 Å². The summed E-state index contributed by atoms with van der Waals surface area (Å²) in [6.45, 7) is 3.05. The van der Waals surface area contributed by atoms with Crippen molar-refractivity contribution >= 4 is 40.5 Å². The van der Waals surface area contributed by atoms with Crippen LogP contribution < -0.4 is 5.32 Å². The highest BCUT2D eigenvalue weighted by atomic mass is 16.4. The van der Waals surface area contributed by atoms with Crippen LogP contribution in [0.2, 0.25) is 0 Å². The SMILES string of the molecule is CN1CCN(C(=O)Nc2ccc3c(C=C(C(=O)O)c4ccccc4)c[nH]c3n2)CC1. The van der Waals surface area contributed by atoms with Gasteiger partial charge in [0.25, 0.3) is 0 Å². The van der Waals surface area contributed by atoms with Gasteiger partial charge in [-0.15, -0.1) is 0 Å². The van der Waals surface area contributed by atoms with Crippen LogP contribution in [0.25, 0.3) is 22.7 Å². The number of aromatic amines is 1. The smallest absolute Gasteiger partial charge is 0.336 e. The monoisotopic (exact) mass is 405 g/mol. The van der Waals surface area contributed by atoms with Gasteiger partial charge in [-0.1, -0.05) is 30.3 Å². The number of amides is 2. The van der Waals surface area contributed by atoms with Gasteiger partial charge in [0.1, 0.15) is 11.5 Å². The molecular formula is C22H23N5O3. The molecule has 30 heavy (non-hydrogen) atoms. The fourth-order valence-corrected chi connectivity index (χ4v) is 3.45. The largest absolute Gasteiger partial charge is 0.478 e. The van der Waals surface area contributed by atoms with Gasteiger partial charge in [-0.2, -0.15) is 0 Å². The molecule has 3 N–H and O–H groups in total. The molecule has 1 saturated heterocycles. The van der Waals surface area contributed by atoms with E-state index >= 15 is 0 Å². The summed E-state index contributed by atoms with van der Waals surface area (Å²) in [5, 5.41) is 13.3. The number of carbonyl (C=O) groups excluding carboxylic acids is 1. The van der Waals surface area contributed by atoms with Crippen molar-refractivity contribution in [3.05, 3.63) is 59.8 Å². The van der Waals surface area contributed by atoms with Crippen LogP contribution in [0.4, 0.5) is 10.6 Å². The first-order chi connectivity index (χ1) is 14.5. The molecule has 0 radical (unpaired) electrons. The summed E-state index contributed by atoms with van der Waals surface area (Å²) >= 11 is 0. The fraction of sp³-hybridized carbons (Fsp3) is 0.227. The number of nitrogens with zero attached hydrogens (tertiary/aromatic N) is 3. The first kappa shape index (κ1) is 19.7. The number of carboxylic acid groups (broad SMARTS) is 1. The Hall–Kier alpha value is -3.65. The van der Waals surface area contributed by atoms with E-state index < -0.39 is 5.97 Å². The van der Waals surface area contributed by atoms with E-state index in [2.05, 4.69) is 20.2 Å². The summed E-state index contributed by atoms with van der Waals surface area (Å²) in [6.07, 6.45) is 3.34. The third-order valence-corrected chi connectivity index (χ3v) is 5.21. The molecule has 2 aromatic heterocycles. The Morgan fingerprint density at radius 2 is 1.83 bits per heavy atom. The van der Waals surface area contributed by atoms with Gasteiger partial charge in [0, 0.05) is 43.3 Å². The molecule has 0 unspecified atom stereocenters. The van der Waals surface area contributed by atoms with Gasteiger partial charge in [-0.25, -0.2) is 14.6 Å². The molecule has 2 amide bonds. The van der Waals surface area contributed by atoms with Crippen molar-refractivity contribution in [1.29, 1.82) is 0 Å². The first-order valence-corrected chi connectivity index (χ1v) is 9.74. The average Bonchev–Trinajstić information content (AvgIpc) is 3.15. The van der Waals surface area contributed by atoms with E-state index in [1.54, 1.807) is 47.5 Å². The van der Waals surface area contributed by atoms with Crippen LogP contribution in [0.1, 0.15) is 11.1 Å². The van der Waals surface area contributed by atoms with E-state index in [1.807, 2.05) is 19.2 Å². The normalized spacial score (nSPS) is 15.4. The average molecular weight is 405 g/mol. The Morgan fingerprint density at radius 1 is 1.10 bits per heavy atom. The molecule has 3 heterocycles. The molecule has 0 spiro atoms. The number of rotatable bonds is 4. The van der Waals surface area contributed by atoms with Crippen molar-refractivity contribution in [3.8, 4) is 0 Å². The molecule has 0 bridgehead atoms. The lowest BCUT2D eigenvalue weighted by molar-refractivity contribution is -0.130. The second-order valence-electron chi connectivity index (χ2n) is 7.29. The summed E-state index contributed by atoms with van der Waals surface area (Å²) < 4.78 is 0. The molecule has 1 aromatic carbocycles. The number of anilines is 1. The zero-order valence-electron chi connectivity index (χ0n) is 16.6. The first-order valence-electron chi connectivity index (χ1n) is 9.74. The number of pyridine rings is 1. The lowest BCUT2D eigenvalue weighted by Crippen LogP contribution is -2.48. The maximum absolute atomic E-state index is 12.5. The van der Waals surface area contributed by atoms with Crippen LogP contribution in [-0.2, 0) is 4.79 Å². The summed E-state index contributed by atoms with van der Waals surface area (Å²) in [7, 11) is 2.04. The number of carbonyl (C=O) groups is 2. The van der Waals surface area contributed by atoms with Crippen molar-refractivity contribution in [2.24, 2.45) is 0 Å². The van der Waals surface area contributed by atoms with E-state index in [0.717, 1.165) is 24.0 Å². The molecule has 3 aromatic rings. The van der Waals surface area contributed by atoms with Gasteiger partial charge in [0.15, 0.2) is 0 Å². The lowest BCUT2D eigenvalue weighted by atomic mass is 10.0. The van der Waals surface area contributed by atoms with Crippen molar-refractivity contribution < 1.29 is 14.7 Å². The predicted octanol–water partition coefficient (Wildman–Crippen LogP) is 2.97. The molecule has 8 heteroatoms. The quantitative estimate of drug-likeness (QED) is 0.579. The minimum absolute atomic E-state index is 0.168. The zero-order valence-corrected chi connectivity index (χ0v) is 16.6. The van der Waals surface area contributed by atoms with Crippen LogP contribution in [0.5, 0.6) is 0 Å². The number of piperazine rings is 1. The van der Waals surface area contributed by atoms with Crippen molar-refractivity contribution in [2.75, 3.05) is 38.5 Å². The zero-order chi connectivity index (χ0) is 21.1. The highest BCUT2D eigenvalue weighted by Gasteiger charge is 2.19. The molecule has 0 aliphatic carbocycles. The summed E-state index contributed by atoms with van der Waals surface area (Å²) in [5.74, 6) is -0.551. The molecule has 8 nitrogen and oxygen atoms in total. The second kappa shape index (κ2) is 8.38. The number of fused-ring (bicyclic) bond motifs is 1. The Balaban J connectivity index is 1.56. The predicted molar refractivity (Wildman–Crippen MR) is 116 cm³/mol. The summed E-state index contributed by atoms with van der Waals surface area (Å²) in [6, 6.07) is 12.4. The molecule has 0 saturated carbocycles. The number of carboxylic acids is 1. The van der Waals surface area contributed by atoms with Gasteiger partial charge in [-0.3, -0.25) is 5.32 Å². The highest BCUT2D eigenvalue weighted by Crippen LogP contribution is 2.25. The van der Waals surface area contributed by atoms with Crippen LogP contribution in [0.3, 0.4) is 0 Å². The Labute approximate surface area is 173 Å². The van der Waals surface area contributed by atoms with E-state index in [1.165, 1.54) is 0 Å². The highest BCUT2D eigenvalue weighted by molar-refractivity contribution is 6.21. The van der Waals surface area contributed by atoms with Gasteiger partial charge < -0.3 is 19.9 Å². The maximum Gasteiger partial charge on any atom is 0.336 e. The van der Waals surface area contributed by atoms with Crippen molar-refractivity contribution in [3.63, 3.8) is 0 Å². The maximum atomic E-state index is 12.5. The standard InChI is InChI=1S/C22H23N5O3/c1-26-9-11-27(12-10-26)22(30)25-19-8-7-17-16(14-23-20(17)24-19)13-18(21(28)29)15-5-3-2-4-6-15/h2-8,13-14H,9-12H2,1H3,(H,28,29)(H2,23,24,25,30). The number of hydrogen-bond acceptors (Lipinski definition) is 4. The number of nitrogens with one attached hydrogen (secondary N) is 2. The molecule has 154 valence electrons. The number of hydrogen-bond donors (Lipinski definition) is 3. The third-order valence-electron chi connectivity index (χ3n) is 5.21. The fourth-order valence-electron chi connectivity index (χ4n) is 3.45. The minimum Gasteiger partial charge on any atom is -0.478 e. The number of aromatic nitrogens is 2. The van der Waals surface area contributed by atoms with E-state index in [9.17, 15) is 14.7 Å². The molecule has 1 aliphatic rings. The van der Waals surface area contributed by atoms with E-state index in [4.69, 9.17) is 0 Å². The van der Waals surface area contributed by atoms with Crippen LogP contribution in [-0.4, -0.2) is 70.1 Å². The van der Waals surface area contributed by atoms with Gasteiger partial charge >= 0.3 is 12.0 Å². The third kappa shape index (κ3) is 4.18. The molecule has 1 aliphatic heterocycles. The van der Waals surface area contributed by atoms with Gasteiger partial charge in [0.05, 0.1) is 5.57 Å². The Morgan fingerprint density at radius 3 is 2.53 bits per heavy atom. The van der Waals surface area contributed by atoms with Crippen LogP contribution in [0.15, 0.2) is 48.7 Å². The van der Waals surface area contributed by atoms with Gasteiger partial charge in [-0.05, 0) is 30.8 Å². The van der Waals surface area contributed by atoms with E-state index in [0.29, 0.717) is 30.1 Å².